The van der Waals surface area contributed by atoms with Crippen LogP contribution in [0, 0.1) is 0 Å². The number of benzene rings is 1. The summed E-state index contributed by atoms with van der Waals surface area (Å²) in [6, 6.07) is 9.87. The Morgan fingerprint density at radius 1 is 1.43 bits per heavy atom. The Balaban J connectivity index is 2.11. The molecule has 4 nitrogen and oxygen atoms in total. The number of rotatable bonds is 6. The third-order valence-electron chi connectivity index (χ3n) is 4.03. The Morgan fingerprint density at radius 2 is 2.14 bits per heavy atom. The highest BCUT2D eigenvalue weighted by molar-refractivity contribution is 5.81. The second-order valence-corrected chi connectivity index (χ2v) is 6.03. The van der Waals surface area contributed by atoms with Gasteiger partial charge in [0.25, 0.3) is 5.91 Å². The molecule has 1 amide bonds. The second kappa shape index (κ2) is 7.05. The molecule has 0 radical (unpaired) electrons. The van der Waals surface area contributed by atoms with Crippen molar-refractivity contribution in [3.63, 3.8) is 0 Å². The monoisotopic (exact) mass is 291 g/mol. The number of nitrogens with zero attached hydrogens (tertiary/aromatic N) is 1. The Bertz CT molecular complexity index is 452. The number of carbonyl (C=O) groups excluding carboxylic acids is 1. The minimum atomic E-state index is -0.872. The van der Waals surface area contributed by atoms with Gasteiger partial charge in [0.05, 0.1) is 5.60 Å². The molecule has 1 aliphatic heterocycles. The Hall–Kier alpha value is -1.39. The van der Waals surface area contributed by atoms with Crippen LogP contribution in [-0.4, -0.2) is 40.8 Å². The van der Waals surface area contributed by atoms with Crippen molar-refractivity contribution in [3.8, 4) is 0 Å². The van der Waals surface area contributed by atoms with Crippen molar-refractivity contribution in [1.29, 1.82) is 0 Å². The van der Waals surface area contributed by atoms with Crippen LogP contribution >= 0.6 is 0 Å². The molecule has 1 heterocycles. The minimum Gasteiger partial charge on any atom is -0.388 e. The van der Waals surface area contributed by atoms with Gasteiger partial charge < -0.3 is 14.7 Å². The predicted molar refractivity (Wildman–Crippen MR) is 81.7 cm³/mol. The third kappa shape index (κ3) is 4.55. The van der Waals surface area contributed by atoms with Crippen molar-refractivity contribution in [2.75, 3.05) is 13.2 Å². The first kappa shape index (κ1) is 16.0. The zero-order valence-electron chi connectivity index (χ0n) is 12.9. The maximum atomic E-state index is 12.6. The van der Waals surface area contributed by atoms with Gasteiger partial charge in [-0.15, -0.1) is 0 Å². The molecule has 0 aliphatic carbocycles. The largest absolute Gasteiger partial charge is 0.388 e. The fraction of sp³-hybridized carbons (Fsp3) is 0.588. The molecule has 1 N–H and O–H groups in total. The van der Waals surface area contributed by atoms with Crippen LogP contribution < -0.4 is 0 Å². The van der Waals surface area contributed by atoms with Crippen LogP contribution in [0.3, 0.4) is 0 Å². The molecule has 1 saturated heterocycles. The van der Waals surface area contributed by atoms with Gasteiger partial charge in [0.1, 0.15) is 6.10 Å². The van der Waals surface area contributed by atoms with Crippen molar-refractivity contribution in [2.24, 2.45) is 0 Å². The maximum absolute atomic E-state index is 12.6. The summed E-state index contributed by atoms with van der Waals surface area (Å²) in [5.41, 5.74) is 0.194. The quantitative estimate of drug-likeness (QED) is 0.875. The average molecular weight is 291 g/mol. The second-order valence-electron chi connectivity index (χ2n) is 6.03. The molecule has 4 heteroatoms. The molecule has 2 rings (SSSR count). The fourth-order valence-electron chi connectivity index (χ4n) is 2.51. The summed E-state index contributed by atoms with van der Waals surface area (Å²) in [4.78, 5) is 14.4. The summed E-state index contributed by atoms with van der Waals surface area (Å²) in [7, 11) is 0. The molecule has 2 atom stereocenters. The van der Waals surface area contributed by atoms with E-state index < -0.39 is 5.60 Å². The summed E-state index contributed by atoms with van der Waals surface area (Å²) in [6.07, 6.45) is 1.97. The molecule has 1 aromatic rings. The third-order valence-corrected chi connectivity index (χ3v) is 4.03. The highest BCUT2D eigenvalue weighted by atomic mass is 16.5. The lowest BCUT2D eigenvalue weighted by Gasteiger charge is -2.32. The van der Waals surface area contributed by atoms with E-state index in [1.54, 1.807) is 11.8 Å². The summed E-state index contributed by atoms with van der Waals surface area (Å²) in [5.74, 6) is -0.00919. The van der Waals surface area contributed by atoms with Gasteiger partial charge in [-0.3, -0.25) is 4.79 Å². The summed E-state index contributed by atoms with van der Waals surface area (Å²) >= 11 is 0. The zero-order valence-corrected chi connectivity index (χ0v) is 12.9. The maximum Gasteiger partial charge on any atom is 0.252 e. The normalized spacial score (nSPS) is 21.0. The number of hydrogen-bond donors (Lipinski definition) is 1. The van der Waals surface area contributed by atoms with Crippen LogP contribution in [0.25, 0.3) is 0 Å². The lowest BCUT2D eigenvalue weighted by molar-refractivity contribution is -0.145. The van der Waals surface area contributed by atoms with Crippen LogP contribution in [0.5, 0.6) is 0 Å². The smallest absolute Gasteiger partial charge is 0.252 e. The summed E-state index contributed by atoms with van der Waals surface area (Å²) < 4.78 is 5.51. The molecule has 0 aromatic heterocycles. The molecule has 1 aliphatic rings. The number of aliphatic hydroxyl groups is 1. The molecule has 0 spiro atoms. The summed E-state index contributed by atoms with van der Waals surface area (Å²) in [5, 5.41) is 10.3. The first-order chi connectivity index (χ1) is 10.0. The molecule has 0 saturated carbocycles. The molecule has 0 unspecified atom stereocenters. The molecule has 1 aromatic carbocycles. The van der Waals surface area contributed by atoms with Crippen LogP contribution in [0.1, 0.15) is 38.7 Å². The van der Waals surface area contributed by atoms with Crippen LogP contribution in [-0.2, 0) is 16.1 Å². The van der Waals surface area contributed by atoms with Gasteiger partial charge in [0, 0.05) is 19.7 Å². The van der Waals surface area contributed by atoms with Crippen molar-refractivity contribution in [2.45, 2.75) is 51.4 Å². The average Bonchev–Trinajstić information content (AvgIpc) is 3.01. The molecule has 1 fully saturated rings. The van der Waals surface area contributed by atoms with Gasteiger partial charge in [-0.25, -0.2) is 0 Å². The molecular weight excluding hydrogens is 266 g/mol. The first-order valence-corrected chi connectivity index (χ1v) is 7.68. The van der Waals surface area contributed by atoms with E-state index in [1.165, 1.54) is 0 Å². The van der Waals surface area contributed by atoms with Gasteiger partial charge in [-0.2, -0.15) is 0 Å². The summed E-state index contributed by atoms with van der Waals surface area (Å²) in [6.45, 7) is 5.19. The standard InChI is InChI=1S/C17H25NO3/c1-3-17(2,20)13-18(12-14-8-5-4-6-9-14)16(19)15-10-7-11-21-15/h4-6,8-9,15,20H,3,7,10-13H2,1-2H3/t15-,17-/m0/s1. The Morgan fingerprint density at radius 3 is 2.71 bits per heavy atom. The lowest BCUT2D eigenvalue weighted by atomic mass is 10.0. The van der Waals surface area contributed by atoms with Gasteiger partial charge in [0.2, 0.25) is 0 Å². The van der Waals surface area contributed by atoms with Crippen molar-refractivity contribution in [3.05, 3.63) is 35.9 Å². The van der Waals surface area contributed by atoms with Crippen molar-refractivity contribution >= 4 is 5.91 Å². The van der Waals surface area contributed by atoms with E-state index in [-0.39, 0.29) is 12.0 Å². The SMILES string of the molecule is CC[C@](C)(O)CN(Cc1ccccc1)C(=O)[C@@H]1CCCO1. The molecule has 0 bridgehead atoms. The van der Waals surface area contributed by atoms with Gasteiger partial charge in [0.15, 0.2) is 0 Å². The Labute approximate surface area is 126 Å². The molecule has 21 heavy (non-hydrogen) atoms. The van der Waals surface area contributed by atoms with E-state index in [0.717, 1.165) is 18.4 Å². The van der Waals surface area contributed by atoms with Crippen molar-refractivity contribution in [1.82, 2.24) is 4.90 Å². The predicted octanol–water partition coefficient (Wildman–Crippen LogP) is 2.36. The Kier molecular flexibility index (Phi) is 5.37. The minimum absolute atomic E-state index is 0.00919. The number of amides is 1. The number of hydrogen-bond acceptors (Lipinski definition) is 3. The van der Waals surface area contributed by atoms with E-state index >= 15 is 0 Å². The van der Waals surface area contributed by atoms with E-state index in [9.17, 15) is 9.90 Å². The van der Waals surface area contributed by atoms with Gasteiger partial charge in [-0.05, 0) is 31.7 Å². The topological polar surface area (TPSA) is 49.8 Å². The van der Waals surface area contributed by atoms with E-state index in [1.807, 2.05) is 37.3 Å². The zero-order chi connectivity index (χ0) is 15.3. The highest BCUT2D eigenvalue weighted by Crippen LogP contribution is 2.19. The van der Waals surface area contributed by atoms with Crippen LogP contribution in [0.2, 0.25) is 0 Å². The first-order valence-electron chi connectivity index (χ1n) is 7.68. The molecule has 116 valence electrons. The van der Waals surface area contributed by atoms with Gasteiger partial charge in [-0.1, -0.05) is 37.3 Å². The molecular formula is C17H25NO3. The van der Waals surface area contributed by atoms with E-state index in [2.05, 4.69) is 0 Å². The fourth-order valence-corrected chi connectivity index (χ4v) is 2.51. The number of ether oxygens (including phenoxy) is 1. The lowest BCUT2D eigenvalue weighted by Crippen LogP contribution is -2.46. The number of carbonyl (C=O) groups is 1. The van der Waals surface area contributed by atoms with Crippen molar-refractivity contribution < 1.29 is 14.6 Å². The highest BCUT2D eigenvalue weighted by Gasteiger charge is 2.32. The van der Waals surface area contributed by atoms with E-state index in [4.69, 9.17) is 4.74 Å². The van der Waals surface area contributed by atoms with Crippen LogP contribution in [0.15, 0.2) is 30.3 Å². The van der Waals surface area contributed by atoms with Gasteiger partial charge >= 0.3 is 0 Å². The van der Waals surface area contributed by atoms with E-state index in [0.29, 0.717) is 26.1 Å². The van der Waals surface area contributed by atoms with Crippen LogP contribution in [0.4, 0.5) is 0 Å².